The van der Waals surface area contributed by atoms with Crippen LogP contribution in [0.25, 0.3) is 0 Å². The Morgan fingerprint density at radius 2 is 1.88 bits per heavy atom. The molecular formula is C14H22ClNS. The number of unbranched alkanes of at least 4 members (excludes halogenated alkanes) is 1. The molecule has 0 aliphatic heterocycles. The molecule has 0 aromatic heterocycles. The molecule has 2 atom stereocenters. The van der Waals surface area contributed by atoms with Crippen LogP contribution in [0.5, 0.6) is 0 Å². The topological polar surface area (TPSA) is 26.0 Å². The second kappa shape index (κ2) is 8.02. The maximum Gasteiger partial charge on any atom is 0.0448 e. The number of rotatable bonds is 7. The molecule has 0 heterocycles. The van der Waals surface area contributed by atoms with Crippen LogP contribution in [0.2, 0.25) is 5.02 Å². The Labute approximate surface area is 114 Å². The van der Waals surface area contributed by atoms with Gasteiger partial charge in [-0.05, 0) is 36.3 Å². The Balaban J connectivity index is 2.71. The van der Waals surface area contributed by atoms with Crippen molar-refractivity contribution in [2.24, 2.45) is 5.73 Å². The van der Waals surface area contributed by atoms with E-state index in [1.807, 2.05) is 23.9 Å². The van der Waals surface area contributed by atoms with Crippen LogP contribution in [0.1, 0.15) is 43.9 Å². The van der Waals surface area contributed by atoms with Crippen LogP contribution < -0.4 is 5.73 Å². The lowest BCUT2D eigenvalue weighted by Crippen LogP contribution is -2.25. The first-order chi connectivity index (χ1) is 8.19. The minimum atomic E-state index is 0.220. The van der Waals surface area contributed by atoms with E-state index in [9.17, 15) is 0 Å². The van der Waals surface area contributed by atoms with E-state index in [2.05, 4.69) is 26.0 Å². The molecule has 0 spiro atoms. The summed E-state index contributed by atoms with van der Waals surface area (Å²) in [7, 11) is 0. The number of thioether (sulfide) groups is 1. The van der Waals surface area contributed by atoms with E-state index >= 15 is 0 Å². The van der Waals surface area contributed by atoms with Crippen LogP contribution >= 0.6 is 23.4 Å². The van der Waals surface area contributed by atoms with Crippen molar-refractivity contribution in [2.75, 3.05) is 5.75 Å². The lowest BCUT2D eigenvalue weighted by Gasteiger charge is -2.23. The van der Waals surface area contributed by atoms with Gasteiger partial charge in [0.15, 0.2) is 0 Å². The van der Waals surface area contributed by atoms with Gasteiger partial charge in [0.25, 0.3) is 0 Å². The van der Waals surface area contributed by atoms with Crippen molar-refractivity contribution >= 4 is 23.4 Å². The van der Waals surface area contributed by atoms with Crippen LogP contribution in [0.15, 0.2) is 24.3 Å². The molecule has 2 N–H and O–H groups in total. The summed E-state index contributed by atoms with van der Waals surface area (Å²) in [6.07, 6.45) is 3.50. The molecular weight excluding hydrogens is 250 g/mol. The average Bonchev–Trinajstić information content (AvgIpc) is 2.35. The summed E-state index contributed by atoms with van der Waals surface area (Å²) in [5, 5.41) is 1.18. The summed E-state index contributed by atoms with van der Waals surface area (Å²) in [6, 6.07) is 8.32. The standard InChI is InChI=1S/C14H22ClNS/c1-3-5-10-17-14(13(16)4-2)11-6-8-12(15)9-7-11/h6-9,13-14H,3-5,10,16H2,1-2H3. The van der Waals surface area contributed by atoms with Crippen LogP contribution in [0.3, 0.4) is 0 Å². The predicted octanol–water partition coefficient (Wildman–Crippen LogP) is 4.65. The minimum absolute atomic E-state index is 0.220. The molecule has 0 aliphatic rings. The maximum absolute atomic E-state index is 6.22. The molecule has 2 unspecified atom stereocenters. The molecule has 0 radical (unpaired) electrons. The molecule has 1 aromatic carbocycles. The number of hydrogen-bond acceptors (Lipinski definition) is 2. The molecule has 0 saturated heterocycles. The fourth-order valence-corrected chi connectivity index (χ4v) is 3.31. The molecule has 1 nitrogen and oxygen atoms in total. The Morgan fingerprint density at radius 1 is 1.24 bits per heavy atom. The molecule has 0 bridgehead atoms. The Kier molecular flexibility index (Phi) is 7.02. The lowest BCUT2D eigenvalue weighted by atomic mass is 10.0. The summed E-state index contributed by atoms with van der Waals surface area (Å²) in [4.78, 5) is 0. The summed E-state index contributed by atoms with van der Waals surface area (Å²) in [5.74, 6) is 1.18. The zero-order valence-electron chi connectivity index (χ0n) is 10.7. The Morgan fingerprint density at radius 3 is 2.41 bits per heavy atom. The highest BCUT2D eigenvalue weighted by molar-refractivity contribution is 7.99. The smallest absolute Gasteiger partial charge is 0.0448 e. The first kappa shape index (κ1) is 14.9. The van der Waals surface area contributed by atoms with Crippen LogP contribution in [0, 0.1) is 0 Å². The average molecular weight is 272 g/mol. The zero-order chi connectivity index (χ0) is 12.7. The third-order valence-electron chi connectivity index (χ3n) is 2.85. The highest BCUT2D eigenvalue weighted by Crippen LogP contribution is 2.33. The normalized spacial score (nSPS) is 14.6. The van der Waals surface area contributed by atoms with Gasteiger partial charge in [-0.2, -0.15) is 11.8 Å². The van der Waals surface area contributed by atoms with Crippen molar-refractivity contribution in [1.82, 2.24) is 0 Å². The summed E-state index contributed by atoms with van der Waals surface area (Å²) in [6.45, 7) is 4.37. The third-order valence-corrected chi connectivity index (χ3v) is 4.61. The molecule has 17 heavy (non-hydrogen) atoms. The van der Waals surface area contributed by atoms with E-state index in [0.29, 0.717) is 5.25 Å². The predicted molar refractivity (Wildman–Crippen MR) is 79.8 cm³/mol. The van der Waals surface area contributed by atoms with Crippen molar-refractivity contribution < 1.29 is 0 Å². The molecule has 0 saturated carbocycles. The largest absolute Gasteiger partial charge is 0.326 e. The SMILES string of the molecule is CCCCSC(c1ccc(Cl)cc1)C(N)CC. The first-order valence-corrected chi connectivity index (χ1v) is 7.74. The van der Waals surface area contributed by atoms with Gasteiger partial charge in [-0.25, -0.2) is 0 Å². The summed E-state index contributed by atoms with van der Waals surface area (Å²) in [5.41, 5.74) is 7.51. The monoisotopic (exact) mass is 271 g/mol. The van der Waals surface area contributed by atoms with Gasteiger partial charge in [-0.15, -0.1) is 0 Å². The zero-order valence-corrected chi connectivity index (χ0v) is 12.2. The van der Waals surface area contributed by atoms with Crippen molar-refractivity contribution in [3.05, 3.63) is 34.9 Å². The molecule has 96 valence electrons. The first-order valence-electron chi connectivity index (χ1n) is 6.31. The highest BCUT2D eigenvalue weighted by atomic mass is 35.5. The number of benzene rings is 1. The Bertz CT molecular complexity index is 313. The second-order valence-electron chi connectivity index (χ2n) is 4.27. The van der Waals surface area contributed by atoms with E-state index in [1.54, 1.807) is 0 Å². The molecule has 0 aliphatic carbocycles. The minimum Gasteiger partial charge on any atom is -0.326 e. The van der Waals surface area contributed by atoms with Gasteiger partial charge >= 0.3 is 0 Å². The van der Waals surface area contributed by atoms with Crippen LogP contribution in [-0.4, -0.2) is 11.8 Å². The number of nitrogens with two attached hydrogens (primary N) is 1. The molecule has 3 heteroatoms. The van der Waals surface area contributed by atoms with Crippen LogP contribution in [-0.2, 0) is 0 Å². The molecule has 1 rings (SSSR count). The quantitative estimate of drug-likeness (QED) is 0.731. The third kappa shape index (κ3) is 4.90. The fourth-order valence-electron chi connectivity index (χ4n) is 1.69. The van der Waals surface area contributed by atoms with E-state index < -0.39 is 0 Å². The summed E-state index contributed by atoms with van der Waals surface area (Å²) < 4.78 is 0. The van der Waals surface area contributed by atoms with E-state index in [4.69, 9.17) is 17.3 Å². The molecule has 0 fully saturated rings. The van der Waals surface area contributed by atoms with Gasteiger partial charge in [-0.3, -0.25) is 0 Å². The van der Waals surface area contributed by atoms with Gasteiger partial charge in [0.2, 0.25) is 0 Å². The van der Waals surface area contributed by atoms with E-state index in [0.717, 1.165) is 11.4 Å². The van der Waals surface area contributed by atoms with Crippen LogP contribution in [0.4, 0.5) is 0 Å². The summed E-state index contributed by atoms with van der Waals surface area (Å²) >= 11 is 7.89. The van der Waals surface area contributed by atoms with Crippen molar-refractivity contribution in [2.45, 2.75) is 44.4 Å². The highest BCUT2D eigenvalue weighted by Gasteiger charge is 2.18. The Hall–Kier alpha value is -0.180. The molecule has 1 aromatic rings. The van der Waals surface area contributed by atoms with Crippen molar-refractivity contribution in [1.29, 1.82) is 0 Å². The fraction of sp³-hybridized carbons (Fsp3) is 0.571. The molecule has 0 amide bonds. The van der Waals surface area contributed by atoms with Crippen molar-refractivity contribution in [3.8, 4) is 0 Å². The van der Waals surface area contributed by atoms with Crippen molar-refractivity contribution in [3.63, 3.8) is 0 Å². The van der Waals surface area contributed by atoms with Gasteiger partial charge in [0.1, 0.15) is 0 Å². The van der Waals surface area contributed by atoms with E-state index in [1.165, 1.54) is 24.2 Å². The maximum atomic E-state index is 6.22. The van der Waals surface area contributed by atoms with Gasteiger partial charge in [0, 0.05) is 16.3 Å². The second-order valence-corrected chi connectivity index (χ2v) is 5.95. The number of hydrogen-bond donors (Lipinski definition) is 1. The van der Waals surface area contributed by atoms with E-state index in [-0.39, 0.29) is 6.04 Å². The van der Waals surface area contributed by atoms with Gasteiger partial charge in [-0.1, -0.05) is 44.0 Å². The van der Waals surface area contributed by atoms with Gasteiger partial charge < -0.3 is 5.73 Å². The van der Waals surface area contributed by atoms with Gasteiger partial charge in [0.05, 0.1) is 0 Å². The lowest BCUT2D eigenvalue weighted by molar-refractivity contribution is 0.633. The number of halogens is 1.